The molecule has 0 radical (unpaired) electrons. The quantitative estimate of drug-likeness (QED) is 0.472. The lowest BCUT2D eigenvalue weighted by Gasteiger charge is -2.16. The molecule has 0 fully saturated rings. The van der Waals surface area contributed by atoms with Crippen LogP contribution in [0, 0.1) is 6.92 Å². The number of aryl methyl sites for hydroxylation is 1. The number of rotatable bonds is 10. The summed E-state index contributed by atoms with van der Waals surface area (Å²) in [5.74, 6) is 2.41. The number of nitrogens with one attached hydrogen (secondary N) is 1. The van der Waals surface area contributed by atoms with Crippen LogP contribution in [-0.4, -0.2) is 38.2 Å². The van der Waals surface area contributed by atoms with Crippen LogP contribution in [0.15, 0.2) is 40.0 Å². The van der Waals surface area contributed by atoms with Crippen LogP contribution < -0.4 is 10.1 Å². The van der Waals surface area contributed by atoms with Gasteiger partial charge in [-0.25, -0.2) is 0 Å². The van der Waals surface area contributed by atoms with Gasteiger partial charge in [-0.3, -0.25) is 4.79 Å². The van der Waals surface area contributed by atoms with Crippen LogP contribution in [0.5, 0.6) is 5.75 Å². The van der Waals surface area contributed by atoms with E-state index in [2.05, 4.69) is 27.6 Å². The van der Waals surface area contributed by atoms with Gasteiger partial charge in [0.15, 0.2) is 16.8 Å². The third kappa shape index (κ3) is 5.02. The maximum absolute atomic E-state index is 12.9. The molecule has 8 nitrogen and oxygen atoms in total. The standard InChI is InChI=1S/C21H27N5O3S/c1-5-7-12-17(20(27)22-18-13-14(3)29-25-18)30-21-24-23-19(26(21)6-2)15-10-8-9-11-16(15)28-4/h8-11,13,17H,5-7,12H2,1-4H3,(H,22,25,27). The molecule has 2 heterocycles. The highest BCUT2D eigenvalue weighted by molar-refractivity contribution is 8.00. The normalized spacial score (nSPS) is 12.0. The average molecular weight is 430 g/mol. The molecule has 0 saturated carbocycles. The van der Waals surface area contributed by atoms with Gasteiger partial charge in [0.05, 0.1) is 17.9 Å². The van der Waals surface area contributed by atoms with E-state index in [0.29, 0.717) is 23.3 Å². The van der Waals surface area contributed by atoms with E-state index in [1.165, 1.54) is 11.8 Å². The molecule has 1 unspecified atom stereocenters. The first kappa shape index (κ1) is 21.9. The second-order valence-electron chi connectivity index (χ2n) is 6.81. The lowest BCUT2D eigenvalue weighted by atomic mass is 10.2. The van der Waals surface area contributed by atoms with Gasteiger partial charge < -0.3 is 19.1 Å². The Balaban J connectivity index is 1.85. The number of thioether (sulfide) groups is 1. The number of ether oxygens (including phenoxy) is 1. The second-order valence-corrected chi connectivity index (χ2v) is 7.98. The fraction of sp³-hybridized carbons (Fsp3) is 0.429. The molecule has 0 aliphatic carbocycles. The molecule has 1 amide bonds. The number of hydrogen-bond acceptors (Lipinski definition) is 7. The minimum atomic E-state index is -0.318. The van der Waals surface area contributed by atoms with Crippen molar-refractivity contribution in [2.75, 3.05) is 12.4 Å². The largest absolute Gasteiger partial charge is 0.496 e. The maximum Gasteiger partial charge on any atom is 0.239 e. The van der Waals surface area contributed by atoms with Gasteiger partial charge in [-0.1, -0.05) is 48.8 Å². The van der Waals surface area contributed by atoms with Gasteiger partial charge in [0.1, 0.15) is 11.5 Å². The zero-order chi connectivity index (χ0) is 21.5. The predicted octanol–water partition coefficient (Wildman–Crippen LogP) is 4.56. The number of carbonyl (C=O) groups excluding carboxylic acids is 1. The van der Waals surface area contributed by atoms with E-state index in [1.807, 2.05) is 35.8 Å². The Morgan fingerprint density at radius 3 is 2.77 bits per heavy atom. The Labute approximate surface area is 180 Å². The third-order valence-corrected chi connectivity index (χ3v) is 5.87. The highest BCUT2D eigenvalue weighted by Crippen LogP contribution is 2.33. The molecule has 0 spiro atoms. The number of carbonyl (C=O) groups is 1. The molecule has 2 aromatic heterocycles. The highest BCUT2D eigenvalue weighted by Gasteiger charge is 2.25. The summed E-state index contributed by atoms with van der Waals surface area (Å²) in [7, 11) is 1.64. The monoisotopic (exact) mass is 429 g/mol. The molecule has 1 aromatic carbocycles. The molecule has 0 saturated heterocycles. The van der Waals surface area contributed by atoms with Crippen LogP contribution in [0.2, 0.25) is 0 Å². The number of hydrogen-bond donors (Lipinski definition) is 1. The summed E-state index contributed by atoms with van der Waals surface area (Å²) < 4.78 is 12.5. The van der Waals surface area contributed by atoms with Crippen LogP contribution in [0.25, 0.3) is 11.4 Å². The molecule has 160 valence electrons. The molecular weight excluding hydrogens is 402 g/mol. The van der Waals surface area contributed by atoms with Crippen molar-refractivity contribution in [3.63, 3.8) is 0 Å². The maximum atomic E-state index is 12.9. The Kier molecular flexibility index (Phi) is 7.51. The zero-order valence-corrected chi connectivity index (χ0v) is 18.5. The van der Waals surface area contributed by atoms with Gasteiger partial charge in [-0.2, -0.15) is 0 Å². The van der Waals surface area contributed by atoms with Crippen LogP contribution in [0.1, 0.15) is 38.9 Å². The minimum absolute atomic E-state index is 0.119. The first-order chi connectivity index (χ1) is 14.6. The average Bonchev–Trinajstić information content (AvgIpc) is 3.36. The van der Waals surface area contributed by atoms with Crippen LogP contribution in [0.3, 0.4) is 0 Å². The summed E-state index contributed by atoms with van der Waals surface area (Å²) in [6.45, 7) is 6.60. The smallest absolute Gasteiger partial charge is 0.239 e. The summed E-state index contributed by atoms with van der Waals surface area (Å²) in [4.78, 5) is 12.9. The van der Waals surface area contributed by atoms with Crippen molar-refractivity contribution in [1.29, 1.82) is 0 Å². The highest BCUT2D eigenvalue weighted by atomic mass is 32.2. The zero-order valence-electron chi connectivity index (χ0n) is 17.7. The summed E-state index contributed by atoms with van der Waals surface area (Å²) in [6.07, 6.45) is 2.66. The van der Waals surface area contributed by atoms with Crippen molar-refractivity contribution in [3.8, 4) is 17.1 Å². The number of nitrogens with zero attached hydrogens (tertiary/aromatic N) is 4. The van der Waals surface area contributed by atoms with Crippen molar-refractivity contribution in [1.82, 2.24) is 19.9 Å². The molecular formula is C21H27N5O3S. The topological polar surface area (TPSA) is 95.1 Å². The van der Waals surface area contributed by atoms with E-state index in [-0.39, 0.29) is 11.2 Å². The molecule has 1 atom stereocenters. The van der Waals surface area contributed by atoms with Crippen LogP contribution in [0.4, 0.5) is 5.82 Å². The summed E-state index contributed by atoms with van der Waals surface area (Å²) in [5.41, 5.74) is 0.869. The third-order valence-electron chi connectivity index (χ3n) is 4.62. The van der Waals surface area contributed by atoms with E-state index < -0.39 is 0 Å². The van der Waals surface area contributed by atoms with Gasteiger partial charge in [0.25, 0.3) is 0 Å². The van der Waals surface area contributed by atoms with Gasteiger partial charge in [0.2, 0.25) is 5.91 Å². The van der Waals surface area contributed by atoms with Gasteiger partial charge in [-0.15, -0.1) is 10.2 Å². The van der Waals surface area contributed by atoms with Crippen LogP contribution in [-0.2, 0) is 11.3 Å². The number of anilines is 1. The molecule has 0 bridgehead atoms. The number of benzene rings is 1. The SMILES string of the molecule is CCCCC(Sc1nnc(-c2ccccc2OC)n1CC)C(=O)Nc1cc(C)on1. The molecule has 30 heavy (non-hydrogen) atoms. The fourth-order valence-corrected chi connectivity index (χ4v) is 4.22. The van der Waals surface area contributed by atoms with Crippen LogP contribution >= 0.6 is 11.8 Å². The summed E-state index contributed by atoms with van der Waals surface area (Å²) in [6, 6.07) is 9.41. The molecule has 0 aliphatic rings. The van der Waals surface area contributed by atoms with Crippen molar-refractivity contribution in [2.24, 2.45) is 0 Å². The molecule has 9 heteroatoms. The van der Waals surface area contributed by atoms with E-state index >= 15 is 0 Å². The van der Waals surface area contributed by atoms with E-state index in [4.69, 9.17) is 9.26 Å². The van der Waals surface area contributed by atoms with Gasteiger partial charge in [-0.05, 0) is 32.4 Å². The van der Waals surface area contributed by atoms with Gasteiger partial charge >= 0.3 is 0 Å². The lowest BCUT2D eigenvalue weighted by Crippen LogP contribution is -2.26. The number of aromatic nitrogens is 4. The second kappa shape index (κ2) is 10.3. The molecule has 3 rings (SSSR count). The summed E-state index contributed by atoms with van der Waals surface area (Å²) in [5, 5.41) is 15.9. The number of para-hydroxylation sites is 1. The summed E-state index contributed by atoms with van der Waals surface area (Å²) >= 11 is 1.42. The van der Waals surface area contributed by atoms with Crippen molar-refractivity contribution < 1.29 is 14.1 Å². The van der Waals surface area contributed by atoms with Crippen molar-refractivity contribution in [2.45, 2.75) is 57.0 Å². The van der Waals surface area contributed by atoms with E-state index in [9.17, 15) is 4.79 Å². The van der Waals surface area contributed by atoms with Gasteiger partial charge in [0, 0.05) is 12.6 Å². The number of unbranched alkanes of at least 4 members (excludes halogenated alkanes) is 1. The van der Waals surface area contributed by atoms with Crippen molar-refractivity contribution >= 4 is 23.5 Å². The Hall–Kier alpha value is -2.81. The predicted molar refractivity (Wildman–Crippen MR) is 117 cm³/mol. The Morgan fingerprint density at radius 1 is 1.30 bits per heavy atom. The first-order valence-corrected chi connectivity index (χ1v) is 10.9. The lowest BCUT2D eigenvalue weighted by molar-refractivity contribution is -0.115. The molecule has 0 aliphatic heterocycles. The van der Waals surface area contributed by atoms with E-state index in [0.717, 1.165) is 36.4 Å². The fourth-order valence-electron chi connectivity index (χ4n) is 3.08. The molecule has 3 aromatic rings. The molecule has 1 N–H and O–H groups in total. The Bertz CT molecular complexity index is 985. The Morgan fingerprint density at radius 2 is 2.10 bits per heavy atom. The van der Waals surface area contributed by atoms with Crippen molar-refractivity contribution in [3.05, 3.63) is 36.1 Å². The van der Waals surface area contributed by atoms with E-state index in [1.54, 1.807) is 20.1 Å². The minimum Gasteiger partial charge on any atom is -0.496 e. The number of amides is 1. The number of methoxy groups -OCH3 is 1. The first-order valence-electron chi connectivity index (χ1n) is 10.0.